The highest BCUT2D eigenvalue weighted by Gasteiger charge is 2.22. The van der Waals surface area contributed by atoms with Crippen LogP contribution in [0.4, 0.5) is 0 Å². The van der Waals surface area contributed by atoms with Gasteiger partial charge < -0.3 is 15.4 Å². The van der Waals surface area contributed by atoms with Crippen LogP contribution in [0.1, 0.15) is 17.3 Å². The van der Waals surface area contributed by atoms with Crippen LogP contribution in [0.2, 0.25) is 0 Å². The first-order valence-electron chi connectivity index (χ1n) is 7.13. The van der Waals surface area contributed by atoms with Crippen LogP contribution in [0, 0.1) is 0 Å². The summed E-state index contributed by atoms with van der Waals surface area (Å²) in [7, 11) is 0. The number of amides is 2. The molecule has 1 heterocycles. The number of primary amides is 1. The third-order valence-electron chi connectivity index (χ3n) is 3.45. The summed E-state index contributed by atoms with van der Waals surface area (Å²) < 4.78 is 5.36. The average Bonchev–Trinajstić information content (AvgIpc) is 2.48. The Balaban J connectivity index is 1.90. The van der Waals surface area contributed by atoms with Gasteiger partial charge in [0.2, 0.25) is 5.91 Å². The van der Waals surface area contributed by atoms with Crippen molar-refractivity contribution in [3.05, 3.63) is 29.8 Å². The quantitative estimate of drug-likeness (QED) is 0.848. The highest BCUT2D eigenvalue weighted by atomic mass is 16.5. The van der Waals surface area contributed by atoms with Crippen molar-refractivity contribution < 1.29 is 14.3 Å². The molecule has 2 amide bonds. The number of rotatable bonds is 5. The van der Waals surface area contributed by atoms with Crippen LogP contribution in [-0.4, -0.2) is 60.9 Å². The van der Waals surface area contributed by atoms with Crippen LogP contribution >= 0.6 is 0 Å². The topological polar surface area (TPSA) is 75.9 Å². The predicted molar refractivity (Wildman–Crippen MR) is 79.1 cm³/mol. The highest BCUT2D eigenvalue weighted by molar-refractivity contribution is 5.94. The van der Waals surface area contributed by atoms with Crippen molar-refractivity contribution in [2.75, 3.05) is 39.3 Å². The normalized spacial score (nSPS) is 15.8. The Labute approximate surface area is 124 Å². The van der Waals surface area contributed by atoms with Gasteiger partial charge in [-0.2, -0.15) is 0 Å². The molecule has 0 bridgehead atoms. The monoisotopic (exact) mass is 291 g/mol. The number of carbonyl (C=O) groups excluding carboxylic acids is 2. The van der Waals surface area contributed by atoms with E-state index in [0.717, 1.165) is 5.75 Å². The fourth-order valence-electron chi connectivity index (χ4n) is 2.37. The Morgan fingerprint density at radius 1 is 1.14 bits per heavy atom. The van der Waals surface area contributed by atoms with Gasteiger partial charge in [-0.25, -0.2) is 0 Å². The predicted octanol–water partition coefficient (Wildman–Crippen LogP) is 0.328. The molecule has 1 aromatic rings. The maximum atomic E-state index is 12.4. The second-order valence-corrected chi connectivity index (χ2v) is 4.99. The molecular formula is C15H21N3O3. The van der Waals surface area contributed by atoms with Crippen LogP contribution < -0.4 is 10.5 Å². The number of carbonyl (C=O) groups is 2. The van der Waals surface area contributed by atoms with Crippen molar-refractivity contribution in [2.24, 2.45) is 5.73 Å². The Morgan fingerprint density at radius 3 is 2.29 bits per heavy atom. The molecule has 6 nitrogen and oxygen atoms in total. The molecule has 0 radical (unpaired) electrons. The van der Waals surface area contributed by atoms with E-state index in [9.17, 15) is 9.59 Å². The number of hydrogen-bond donors (Lipinski definition) is 1. The first-order chi connectivity index (χ1) is 10.1. The molecule has 1 aromatic carbocycles. The third-order valence-corrected chi connectivity index (χ3v) is 3.45. The minimum absolute atomic E-state index is 0.0109. The van der Waals surface area contributed by atoms with Gasteiger partial charge in [0.1, 0.15) is 5.75 Å². The van der Waals surface area contributed by atoms with E-state index in [1.54, 1.807) is 29.2 Å². The lowest BCUT2D eigenvalue weighted by atomic mass is 10.1. The van der Waals surface area contributed by atoms with Crippen molar-refractivity contribution in [3.63, 3.8) is 0 Å². The summed E-state index contributed by atoms with van der Waals surface area (Å²) in [5.74, 6) is 0.443. The lowest BCUT2D eigenvalue weighted by Gasteiger charge is -2.34. The van der Waals surface area contributed by atoms with Crippen molar-refractivity contribution in [2.45, 2.75) is 6.92 Å². The zero-order chi connectivity index (χ0) is 15.2. The summed E-state index contributed by atoms with van der Waals surface area (Å²) in [5, 5.41) is 0. The van der Waals surface area contributed by atoms with Gasteiger partial charge in [0.25, 0.3) is 5.91 Å². The molecule has 0 spiro atoms. The summed E-state index contributed by atoms with van der Waals surface area (Å²) in [6.07, 6.45) is 0. The minimum atomic E-state index is -0.332. The van der Waals surface area contributed by atoms with Gasteiger partial charge in [0, 0.05) is 31.7 Å². The van der Waals surface area contributed by atoms with Gasteiger partial charge in [-0.15, -0.1) is 0 Å². The van der Waals surface area contributed by atoms with Crippen molar-refractivity contribution in [1.82, 2.24) is 9.80 Å². The van der Waals surface area contributed by atoms with Crippen molar-refractivity contribution in [3.8, 4) is 5.75 Å². The Hall–Kier alpha value is -2.08. The number of benzene rings is 1. The van der Waals surface area contributed by atoms with Crippen LogP contribution in [0.5, 0.6) is 5.75 Å². The summed E-state index contributed by atoms with van der Waals surface area (Å²) in [5.41, 5.74) is 5.83. The van der Waals surface area contributed by atoms with Crippen LogP contribution in [-0.2, 0) is 4.79 Å². The molecule has 6 heteroatoms. The number of ether oxygens (including phenoxy) is 1. The molecule has 2 N–H and O–H groups in total. The van der Waals surface area contributed by atoms with Crippen LogP contribution in [0.15, 0.2) is 24.3 Å². The van der Waals surface area contributed by atoms with Gasteiger partial charge in [-0.1, -0.05) is 0 Å². The first-order valence-corrected chi connectivity index (χ1v) is 7.13. The maximum Gasteiger partial charge on any atom is 0.253 e. The molecule has 1 fully saturated rings. The summed E-state index contributed by atoms with van der Waals surface area (Å²) >= 11 is 0. The van der Waals surface area contributed by atoms with Crippen molar-refractivity contribution >= 4 is 11.8 Å². The Bertz CT molecular complexity index is 493. The lowest BCUT2D eigenvalue weighted by molar-refractivity contribution is -0.119. The third kappa shape index (κ3) is 4.19. The number of nitrogens with two attached hydrogens (primary N) is 1. The SMILES string of the molecule is CCOc1ccc(C(=O)N2CCN(CC(N)=O)CC2)cc1. The largest absolute Gasteiger partial charge is 0.494 e. The maximum absolute atomic E-state index is 12.4. The lowest BCUT2D eigenvalue weighted by Crippen LogP contribution is -2.50. The molecule has 0 aliphatic carbocycles. The fraction of sp³-hybridized carbons (Fsp3) is 0.467. The van der Waals surface area contributed by atoms with E-state index in [-0.39, 0.29) is 18.4 Å². The van der Waals surface area contributed by atoms with Crippen LogP contribution in [0.25, 0.3) is 0 Å². The summed E-state index contributed by atoms with van der Waals surface area (Å²) in [6, 6.07) is 7.17. The standard InChI is InChI=1S/C15H21N3O3/c1-2-21-13-5-3-12(4-6-13)15(20)18-9-7-17(8-10-18)11-14(16)19/h3-6H,2,7-11H2,1H3,(H2,16,19). The molecule has 2 rings (SSSR count). The number of hydrogen-bond acceptors (Lipinski definition) is 4. The average molecular weight is 291 g/mol. The highest BCUT2D eigenvalue weighted by Crippen LogP contribution is 2.14. The molecule has 114 valence electrons. The molecular weight excluding hydrogens is 270 g/mol. The van der Waals surface area contributed by atoms with Gasteiger partial charge in [-0.3, -0.25) is 14.5 Å². The number of nitrogens with zero attached hydrogens (tertiary/aromatic N) is 2. The first kappa shape index (κ1) is 15.3. The molecule has 0 saturated carbocycles. The molecule has 21 heavy (non-hydrogen) atoms. The van der Waals surface area contributed by atoms with Gasteiger partial charge in [-0.05, 0) is 31.2 Å². The van der Waals surface area contributed by atoms with E-state index in [4.69, 9.17) is 10.5 Å². The summed E-state index contributed by atoms with van der Waals surface area (Å²) in [4.78, 5) is 27.0. The molecule has 1 aliphatic heterocycles. The van der Waals surface area contributed by atoms with Gasteiger partial charge in [0.05, 0.1) is 13.2 Å². The van der Waals surface area contributed by atoms with E-state index in [1.165, 1.54) is 0 Å². The Morgan fingerprint density at radius 2 is 1.76 bits per heavy atom. The van der Waals surface area contributed by atoms with Crippen molar-refractivity contribution in [1.29, 1.82) is 0 Å². The van der Waals surface area contributed by atoms with E-state index in [1.807, 2.05) is 11.8 Å². The molecule has 1 aliphatic rings. The molecule has 0 aromatic heterocycles. The van der Waals surface area contributed by atoms with E-state index < -0.39 is 0 Å². The smallest absolute Gasteiger partial charge is 0.253 e. The minimum Gasteiger partial charge on any atom is -0.494 e. The second kappa shape index (κ2) is 7.08. The molecule has 0 unspecified atom stereocenters. The summed E-state index contributed by atoms with van der Waals surface area (Å²) in [6.45, 7) is 5.35. The van der Waals surface area contributed by atoms with Crippen LogP contribution in [0.3, 0.4) is 0 Å². The van der Waals surface area contributed by atoms with Gasteiger partial charge >= 0.3 is 0 Å². The zero-order valence-electron chi connectivity index (χ0n) is 12.2. The molecule has 0 atom stereocenters. The fourth-order valence-corrected chi connectivity index (χ4v) is 2.37. The Kier molecular flexibility index (Phi) is 5.16. The van der Waals surface area contributed by atoms with E-state index in [2.05, 4.69) is 0 Å². The van der Waals surface area contributed by atoms with E-state index >= 15 is 0 Å². The zero-order valence-corrected chi connectivity index (χ0v) is 12.2. The number of piperazine rings is 1. The van der Waals surface area contributed by atoms with Gasteiger partial charge in [0.15, 0.2) is 0 Å². The van der Waals surface area contributed by atoms with E-state index in [0.29, 0.717) is 38.3 Å². The second-order valence-electron chi connectivity index (χ2n) is 4.99. The molecule has 1 saturated heterocycles.